The Balaban J connectivity index is 1.87. The third-order valence-electron chi connectivity index (χ3n) is 4.80. The molecule has 5 nitrogen and oxygen atoms in total. The average Bonchev–Trinajstić information content (AvgIpc) is 3.03. The average molecular weight is 352 g/mol. The fraction of sp³-hybridized carbons (Fsp3) is 0.316. The predicted octanol–water partition coefficient (Wildman–Crippen LogP) is 3.72. The normalized spacial score (nSPS) is 12.6. The fourth-order valence-electron chi connectivity index (χ4n) is 3.35. The molecule has 6 heteroatoms. The number of aldehydes is 1. The number of rotatable bonds is 6. The number of benzene rings is 1. The van der Waals surface area contributed by atoms with Gasteiger partial charge >= 0.3 is 0 Å². The Hall–Kier alpha value is -2.18. The molecule has 0 bridgehead atoms. The zero-order valence-corrected chi connectivity index (χ0v) is 15.2. The summed E-state index contributed by atoms with van der Waals surface area (Å²) >= 11 is 1.64. The van der Waals surface area contributed by atoms with Gasteiger partial charge in [0.25, 0.3) is 0 Å². The number of aromatic nitrogens is 3. The lowest BCUT2D eigenvalue weighted by atomic mass is 10.1. The summed E-state index contributed by atoms with van der Waals surface area (Å²) in [6, 6.07) is 5.91. The van der Waals surface area contributed by atoms with E-state index in [1.54, 1.807) is 18.0 Å². The first-order valence-electron chi connectivity index (χ1n) is 8.60. The van der Waals surface area contributed by atoms with Crippen LogP contribution >= 0.6 is 11.8 Å². The zero-order chi connectivity index (χ0) is 17.4. The highest BCUT2D eigenvalue weighted by molar-refractivity contribution is 8.00. The highest BCUT2D eigenvalue weighted by Gasteiger charge is 2.26. The summed E-state index contributed by atoms with van der Waals surface area (Å²) in [6.45, 7) is 8.21. The van der Waals surface area contributed by atoms with Crippen LogP contribution in [0.25, 0.3) is 22.2 Å². The van der Waals surface area contributed by atoms with Crippen LogP contribution in [-0.4, -0.2) is 45.6 Å². The minimum atomic E-state index is 0.726. The maximum Gasteiger partial charge on any atom is 0.151 e. The van der Waals surface area contributed by atoms with Crippen LogP contribution in [0.5, 0.6) is 0 Å². The molecule has 0 saturated carbocycles. The van der Waals surface area contributed by atoms with Crippen LogP contribution in [0.2, 0.25) is 0 Å². The highest BCUT2D eigenvalue weighted by Crippen LogP contribution is 2.48. The van der Waals surface area contributed by atoms with E-state index in [-0.39, 0.29) is 0 Å². The van der Waals surface area contributed by atoms with Crippen LogP contribution in [0.1, 0.15) is 24.2 Å². The van der Waals surface area contributed by atoms with Gasteiger partial charge in [-0.05, 0) is 31.3 Å². The SMILES string of the molecule is CCN(CC)CCn1nc2c3c(c(C=O)ccc31)Sc1ccncc1-2. The van der Waals surface area contributed by atoms with E-state index in [9.17, 15) is 4.79 Å². The molecule has 0 fully saturated rings. The number of carbonyl (C=O) groups excluding carboxylic acids is 1. The second-order valence-corrected chi connectivity index (χ2v) is 7.12. The van der Waals surface area contributed by atoms with Gasteiger partial charge in [-0.15, -0.1) is 0 Å². The van der Waals surface area contributed by atoms with Gasteiger partial charge < -0.3 is 4.90 Å². The molecule has 0 spiro atoms. The smallest absolute Gasteiger partial charge is 0.151 e. The lowest BCUT2D eigenvalue weighted by molar-refractivity contribution is 0.112. The minimum absolute atomic E-state index is 0.726. The first kappa shape index (κ1) is 16.3. The summed E-state index contributed by atoms with van der Waals surface area (Å²) in [4.78, 5) is 20.3. The van der Waals surface area contributed by atoms with E-state index in [1.165, 1.54) is 0 Å². The van der Waals surface area contributed by atoms with Crippen molar-refractivity contribution in [1.29, 1.82) is 0 Å². The van der Waals surface area contributed by atoms with Crippen molar-refractivity contribution in [3.63, 3.8) is 0 Å². The number of hydrogen-bond acceptors (Lipinski definition) is 5. The van der Waals surface area contributed by atoms with Crippen molar-refractivity contribution in [3.8, 4) is 11.3 Å². The largest absolute Gasteiger partial charge is 0.302 e. The highest BCUT2D eigenvalue weighted by atomic mass is 32.2. The van der Waals surface area contributed by atoms with Crippen molar-refractivity contribution in [2.75, 3.05) is 19.6 Å². The van der Waals surface area contributed by atoms with Crippen molar-refractivity contribution in [1.82, 2.24) is 19.7 Å². The van der Waals surface area contributed by atoms with Crippen molar-refractivity contribution < 1.29 is 4.79 Å². The van der Waals surface area contributed by atoms with Gasteiger partial charge in [-0.3, -0.25) is 14.5 Å². The van der Waals surface area contributed by atoms with Crippen LogP contribution < -0.4 is 0 Å². The first-order chi connectivity index (χ1) is 12.3. The van der Waals surface area contributed by atoms with Gasteiger partial charge in [0.2, 0.25) is 0 Å². The Morgan fingerprint density at radius 2 is 2.08 bits per heavy atom. The monoisotopic (exact) mass is 352 g/mol. The lowest BCUT2D eigenvalue weighted by Gasteiger charge is -2.18. The molecule has 3 heterocycles. The zero-order valence-electron chi connectivity index (χ0n) is 14.4. The Morgan fingerprint density at radius 1 is 1.24 bits per heavy atom. The van der Waals surface area contributed by atoms with E-state index < -0.39 is 0 Å². The molecule has 128 valence electrons. The molecule has 0 N–H and O–H groups in total. The molecule has 0 radical (unpaired) electrons. The van der Waals surface area contributed by atoms with E-state index in [0.717, 1.165) is 70.0 Å². The Morgan fingerprint density at radius 3 is 2.84 bits per heavy atom. The number of likely N-dealkylation sites (N-methyl/N-ethyl adjacent to an activating group) is 1. The number of nitrogens with zero attached hydrogens (tertiary/aromatic N) is 4. The van der Waals surface area contributed by atoms with Gasteiger partial charge in [-0.1, -0.05) is 25.6 Å². The lowest BCUT2D eigenvalue weighted by Crippen LogP contribution is -2.27. The summed E-state index contributed by atoms with van der Waals surface area (Å²) in [6.07, 6.45) is 4.59. The molecular weight excluding hydrogens is 332 g/mol. The first-order valence-corrected chi connectivity index (χ1v) is 9.41. The van der Waals surface area contributed by atoms with Crippen LogP contribution in [0, 0.1) is 0 Å². The van der Waals surface area contributed by atoms with Crippen molar-refractivity contribution >= 4 is 29.0 Å². The van der Waals surface area contributed by atoms with Crippen LogP contribution in [0.4, 0.5) is 0 Å². The van der Waals surface area contributed by atoms with Crippen LogP contribution in [0.15, 0.2) is 40.4 Å². The minimum Gasteiger partial charge on any atom is -0.302 e. The van der Waals surface area contributed by atoms with E-state index in [4.69, 9.17) is 5.10 Å². The molecule has 0 amide bonds. The van der Waals surface area contributed by atoms with E-state index in [0.29, 0.717) is 0 Å². The molecule has 0 aliphatic carbocycles. The Kier molecular flexibility index (Phi) is 4.31. The summed E-state index contributed by atoms with van der Waals surface area (Å²) in [7, 11) is 0. The number of hydrogen-bond donors (Lipinski definition) is 0. The summed E-state index contributed by atoms with van der Waals surface area (Å²) < 4.78 is 2.07. The van der Waals surface area contributed by atoms with E-state index in [2.05, 4.69) is 28.4 Å². The van der Waals surface area contributed by atoms with Gasteiger partial charge in [0, 0.05) is 45.2 Å². The second-order valence-electron chi connectivity index (χ2n) is 6.07. The third-order valence-corrected chi connectivity index (χ3v) is 6.02. The third kappa shape index (κ3) is 2.65. The van der Waals surface area contributed by atoms with Crippen LogP contribution in [0.3, 0.4) is 0 Å². The maximum absolute atomic E-state index is 11.5. The van der Waals surface area contributed by atoms with Gasteiger partial charge in [-0.2, -0.15) is 5.10 Å². The Labute approximate surface area is 151 Å². The summed E-state index contributed by atoms with van der Waals surface area (Å²) in [5.74, 6) is 0. The van der Waals surface area contributed by atoms with Gasteiger partial charge in [-0.25, -0.2) is 0 Å². The summed E-state index contributed by atoms with van der Waals surface area (Å²) in [5, 5.41) is 5.98. The molecule has 1 aliphatic rings. The van der Waals surface area contributed by atoms with Gasteiger partial charge in [0.05, 0.1) is 12.1 Å². The molecule has 3 aromatic rings. The molecule has 1 aromatic carbocycles. The number of carbonyl (C=O) groups is 1. The van der Waals surface area contributed by atoms with E-state index >= 15 is 0 Å². The number of pyridine rings is 1. The quantitative estimate of drug-likeness (QED) is 0.495. The second kappa shape index (κ2) is 6.61. The predicted molar refractivity (Wildman–Crippen MR) is 100 cm³/mol. The maximum atomic E-state index is 11.5. The molecule has 0 saturated heterocycles. The van der Waals surface area contributed by atoms with Gasteiger partial charge in [0.1, 0.15) is 5.69 Å². The molecule has 0 atom stereocenters. The fourth-order valence-corrected chi connectivity index (χ4v) is 4.50. The molecule has 1 aliphatic heterocycles. The van der Waals surface area contributed by atoms with Crippen molar-refractivity contribution in [2.45, 2.75) is 30.2 Å². The van der Waals surface area contributed by atoms with Crippen LogP contribution in [-0.2, 0) is 6.54 Å². The van der Waals surface area contributed by atoms with Gasteiger partial charge in [0.15, 0.2) is 6.29 Å². The molecule has 4 rings (SSSR count). The van der Waals surface area contributed by atoms with Crippen molar-refractivity contribution in [2.24, 2.45) is 0 Å². The molecule has 0 unspecified atom stereocenters. The standard InChI is InChI=1S/C19H20N4OS/c1-3-22(4-2)9-10-23-15-6-5-13(12-24)19-17(15)18(21-23)14-11-20-8-7-16(14)25-19/h5-8,11-12H,3-4,9-10H2,1-2H3. The van der Waals surface area contributed by atoms with E-state index in [1.807, 2.05) is 24.4 Å². The molecule has 2 aromatic heterocycles. The number of fused-ring (bicyclic) bond motifs is 2. The topological polar surface area (TPSA) is 51.0 Å². The molecule has 25 heavy (non-hydrogen) atoms. The Bertz CT molecular complexity index is 946. The molecular formula is C19H20N4OS. The summed E-state index contributed by atoms with van der Waals surface area (Å²) in [5.41, 5.74) is 3.80. The van der Waals surface area contributed by atoms with Crippen molar-refractivity contribution in [3.05, 3.63) is 36.2 Å².